The van der Waals surface area contributed by atoms with Gasteiger partial charge in [-0.3, -0.25) is 4.79 Å². The lowest BCUT2D eigenvalue weighted by molar-refractivity contribution is -0.149. The first kappa shape index (κ1) is 16.5. The minimum atomic E-state index is -0.703. The van der Waals surface area contributed by atoms with Crippen molar-refractivity contribution in [2.45, 2.75) is 51.4 Å². The Morgan fingerprint density at radius 2 is 1.86 bits per heavy atom. The van der Waals surface area contributed by atoms with Crippen LogP contribution in [0, 0.1) is 5.41 Å². The zero-order valence-electron chi connectivity index (χ0n) is 13.3. The monoisotopic (exact) mass is 304 g/mol. The topological polar surface area (TPSA) is 63.6 Å². The maximum absolute atomic E-state index is 11.6. The third-order valence-corrected chi connectivity index (χ3v) is 4.80. The van der Waals surface area contributed by atoms with Crippen LogP contribution < -0.4 is 0 Å². The minimum absolute atomic E-state index is 0.230. The third kappa shape index (κ3) is 3.67. The lowest BCUT2D eigenvalue weighted by atomic mass is 9.72. The Balaban J connectivity index is 2.21. The van der Waals surface area contributed by atoms with Crippen molar-refractivity contribution in [1.29, 1.82) is 0 Å². The second kappa shape index (κ2) is 6.95. The van der Waals surface area contributed by atoms with Crippen LogP contribution in [-0.2, 0) is 9.53 Å². The summed E-state index contributed by atoms with van der Waals surface area (Å²) < 4.78 is 4.71. The molecule has 22 heavy (non-hydrogen) atoms. The van der Waals surface area contributed by atoms with Crippen molar-refractivity contribution in [2.24, 2.45) is 5.41 Å². The number of carboxylic acid groups (broad SMARTS) is 1. The summed E-state index contributed by atoms with van der Waals surface area (Å²) in [5.74, 6) is -0.821. The van der Waals surface area contributed by atoms with Gasteiger partial charge >= 0.3 is 11.9 Å². The number of methoxy groups -OCH3 is 1. The highest BCUT2D eigenvalue weighted by atomic mass is 16.5. The molecule has 0 radical (unpaired) electrons. The van der Waals surface area contributed by atoms with Gasteiger partial charge in [0.2, 0.25) is 0 Å². The van der Waals surface area contributed by atoms with Crippen LogP contribution in [0.5, 0.6) is 0 Å². The molecule has 1 aromatic carbocycles. The Labute approximate surface area is 131 Å². The smallest absolute Gasteiger partial charge is 0.337 e. The number of aliphatic carboxylic acids is 1. The molecule has 0 spiro atoms. The SMILES string of the molecule is COC(=O)c1ccc(C2CCCCCC(C)(C(=O)O)C2)cc1. The second-order valence-corrected chi connectivity index (χ2v) is 6.48. The molecular formula is C18H24O4. The number of ether oxygens (including phenoxy) is 1. The summed E-state index contributed by atoms with van der Waals surface area (Å²) in [6.45, 7) is 1.86. The van der Waals surface area contributed by atoms with Crippen LogP contribution in [0.3, 0.4) is 0 Å². The lowest BCUT2D eigenvalue weighted by Gasteiger charge is -2.32. The first-order chi connectivity index (χ1) is 10.5. The van der Waals surface area contributed by atoms with Gasteiger partial charge < -0.3 is 9.84 Å². The highest BCUT2D eigenvalue weighted by molar-refractivity contribution is 5.89. The van der Waals surface area contributed by atoms with Gasteiger partial charge in [-0.2, -0.15) is 0 Å². The molecule has 0 bridgehead atoms. The lowest BCUT2D eigenvalue weighted by Crippen LogP contribution is -2.30. The first-order valence-electron chi connectivity index (χ1n) is 7.88. The maximum atomic E-state index is 11.6. The van der Waals surface area contributed by atoms with E-state index in [2.05, 4.69) is 0 Å². The summed E-state index contributed by atoms with van der Waals surface area (Å²) in [6, 6.07) is 7.39. The van der Waals surface area contributed by atoms with Crippen LogP contribution in [0.4, 0.5) is 0 Å². The van der Waals surface area contributed by atoms with Gasteiger partial charge in [0.15, 0.2) is 0 Å². The van der Waals surface area contributed by atoms with Crippen LogP contribution in [-0.4, -0.2) is 24.2 Å². The van der Waals surface area contributed by atoms with E-state index in [1.165, 1.54) is 7.11 Å². The highest BCUT2D eigenvalue weighted by Gasteiger charge is 2.36. The second-order valence-electron chi connectivity index (χ2n) is 6.48. The fourth-order valence-corrected chi connectivity index (χ4v) is 3.32. The standard InChI is InChI=1S/C18H24O4/c1-18(17(20)21)11-5-3-4-6-15(12-18)13-7-9-14(10-8-13)16(19)22-2/h7-10,15H,3-6,11-12H2,1-2H3,(H,20,21). The molecule has 4 nitrogen and oxygen atoms in total. The molecule has 2 unspecified atom stereocenters. The van der Waals surface area contributed by atoms with E-state index in [1.54, 1.807) is 12.1 Å². The Morgan fingerprint density at radius 1 is 1.18 bits per heavy atom. The first-order valence-corrected chi connectivity index (χ1v) is 7.88. The van der Waals surface area contributed by atoms with Crippen molar-refractivity contribution in [3.05, 3.63) is 35.4 Å². The normalized spacial score (nSPS) is 25.8. The zero-order chi connectivity index (χ0) is 16.2. The van der Waals surface area contributed by atoms with Gasteiger partial charge in [-0.15, -0.1) is 0 Å². The molecule has 1 fully saturated rings. The highest BCUT2D eigenvalue weighted by Crippen LogP contribution is 2.41. The molecule has 2 rings (SSSR count). The van der Waals surface area contributed by atoms with E-state index in [-0.39, 0.29) is 11.9 Å². The molecule has 1 aromatic rings. The van der Waals surface area contributed by atoms with Gasteiger partial charge in [0.25, 0.3) is 0 Å². The Bertz CT molecular complexity index is 535. The quantitative estimate of drug-likeness (QED) is 0.857. The maximum Gasteiger partial charge on any atom is 0.337 e. The average Bonchev–Trinajstić information content (AvgIpc) is 2.50. The van der Waals surface area contributed by atoms with E-state index in [0.29, 0.717) is 12.0 Å². The molecule has 1 aliphatic rings. The number of hydrogen-bond acceptors (Lipinski definition) is 3. The third-order valence-electron chi connectivity index (χ3n) is 4.80. The Kier molecular flexibility index (Phi) is 5.22. The van der Waals surface area contributed by atoms with Crippen molar-refractivity contribution >= 4 is 11.9 Å². The number of esters is 1. The molecular weight excluding hydrogens is 280 g/mol. The van der Waals surface area contributed by atoms with Crippen LogP contribution >= 0.6 is 0 Å². The molecule has 120 valence electrons. The molecule has 4 heteroatoms. The van der Waals surface area contributed by atoms with Crippen molar-refractivity contribution in [3.8, 4) is 0 Å². The number of carboxylic acids is 1. The number of carbonyl (C=O) groups is 2. The van der Waals surface area contributed by atoms with Gasteiger partial charge in [0.1, 0.15) is 0 Å². The van der Waals surface area contributed by atoms with Crippen LogP contribution in [0.2, 0.25) is 0 Å². The summed E-state index contributed by atoms with van der Waals surface area (Å²) in [4.78, 5) is 23.1. The van der Waals surface area contributed by atoms with Crippen LogP contribution in [0.25, 0.3) is 0 Å². The van der Waals surface area contributed by atoms with Crippen LogP contribution in [0.15, 0.2) is 24.3 Å². The summed E-state index contributed by atoms with van der Waals surface area (Å²) in [5, 5.41) is 9.57. The molecule has 0 saturated heterocycles. The van der Waals surface area contributed by atoms with E-state index in [0.717, 1.165) is 37.7 Å². The molecule has 1 aliphatic carbocycles. The zero-order valence-corrected chi connectivity index (χ0v) is 13.3. The summed E-state index contributed by atoms with van der Waals surface area (Å²) >= 11 is 0. The van der Waals surface area contributed by atoms with Crippen molar-refractivity contribution in [1.82, 2.24) is 0 Å². The van der Waals surface area contributed by atoms with Crippen molar-refractivity contribution in [2.75, 3.05) is 7.11 Å². The molecule has 0 aromatic heterocycles. The molecule has 1 N–H and O–H groups in total. The van der Waals surface area contributed by atoms with E-state index in [9.17, 15) is 14.7 Å². The van der Waals surface area contributed by atoms with Crippen molar-refractivity contribution in [3.63, 3.8) is 0 Å². The molecule has 0 amide bonds. The Morgan fingerprint density at radius 3 is 2.45 bits per heavy atom. The van der Waals surface area contributed by atoms with E-state index < -0.39 is 11.4 Å². The molecule has 0 heterocycles. The van der Waals surface area contributed by atoms with E-state index >= 15 is 0 Å². The predicted molar refractivity (Wildman–Crippen MR) is 84.0 cm³/mol. The summed E-state index contributed by atoms with van der Waals surface area (Å²) in [7, 11) is 1.36. The van der Waals surface area contributed by atoms with E-state index in [4.69, 9.17) is 4.74 Å². The average molecular weight is 304 g/mol. The van der Waals surface area contributed by atoms with Crippen LogP contribution in [0.1, 0.15) is 67.3 Å². The predicted octanol–water partition coefficient (Wildman–Crippen LogP) is 4.00. The largest absolute Gasteiger partial charge is 0.481 e. The molecule has 1 saturated carbocycles. The number of carbonyl (C=O) groups excluding carboxylic acids is 1. The number of benzene rings is 1. The molecule has 2 atom stereocenters. The van der Waals surface area contributed by atoms with Gasteiger partial charge in [-0.05, 0) is 49.8 Å². The van der Waals surface area contributed by atoms with Gasteiger partial charge in [0.05, 0.1) is 18.1 Å². The van der Waals surface area contributed by atoms with E-state index in [1.807, 2.05) is 19.1 Å². The van der Waals surface area contributed by atoms with Gasteiger partial charge in [-0.25, -0.2) is 4.79 Å². The minimum Gasteiger partial charge on any atom is -0.481 e. The number of hydrogen-bond donors (Lipinski definition) is 1. The van der Waals surface area contributed by atoms with Gasteiger partial charge in [-0.1, -0.05) is 31.4 Å². The Hall–Kier alpha value is -1.84. The fraction of sp³-hybridized carbons (Fsp3) is 0.556. The fourth-order valence-electron chi connectivity index (χ4n) is 3.32. The molecule has 0 aliphatic heterocycles. The summed E-state index contributed by atoms with van der Waals surface area (Å²) in [6.07, 6.45) is 5.58. The van der Waals surface area contributed by atoms with Crippen molar-refractivity contribution < 1.29 is 19.4 Å². The number of rotatable bonds is 3. The van der Waals surface area contributed by atoms with Gasteiger partial charge in [0, 0.05) is 0 Å². The summed E-state index contributed by atoms with van der Waals surface area (Å²) in [5.41, 5.74) is 0.978.